The SMILES string of the molecule is [2H]C([2H])(OC(=O)N[C@@H](C)CC(F)(F)F)C1CC(c2cnc(Nc3ccc(S(=O)(=O)NC(=O)OC(C)(C)C)cc3F)nc2)C1. The van der Waals surface area contributed by atoms with Crippen molar-refractivity contribution in [2.75, 3.05) is 11.9 Å². The molecule has 0 saturated heterocycles. The van der Waals surface area contributed by atoms with Gasteiger partial charge in [-0.2, -0.15) is 13.2 Å². The standard InChI is InChI=1S/C25H31F4N5O6S/c1-14(10-25(27,28)29)32-22(35)39-13-15-7-16(8-15)17-11-30-21(31-12-17)33-20-6-5-18(9-19(20)26)41(37,38)34-23(36)40-24(2,3)4/h5-6,9,11-12,14-16H,7-8,10,13H2,1-4H3,(H,32,35)(H,34,36)(H,30,31,33)/t14-,15?,16?/m0/s1/i13D2. The predicted octanol–water partition coefficient (Wildman–Crippen LogP) is 5.13. The fourth-order valence-electron chi connectivity index (χ4n) is 3.72. The highest BCUT2D eigenvalue weighted by Crippen LogP contribution is 2.41. The molecule has 1 aromatic carbocycles. The van der Waals surface area contributed by atoms with Crippen LogP contribution in [-0.4, -0.2) is 55.0 Å². The largest absolute Gasteiger partial charge is 0.449 e. The number of aromatic nitrogens is 2. The number of sulfonamides is 1. The van der Waals surface area contributed by atoms with Crippen LogP contribution in [0.1, 0.15) is 61.2 Å². The second kappa shape index (κ2) is 12.4. The summed E-state index contributed by atoms with van der Waals surface area (Å²) in [4.78, 5) is 31.4. The molecule has 11 nitrogen and oxygen atoms in total. The lowest BCUT2D eigenvalue weighted by Crippen LogP contribution is -2.38. The van der Waals surface area contributed by atoms with Gasteiger partial charge in [0.15, 0.2) is 0 Å². The summed E-state index contributed by atoms with van der Waals surface area (Å²) in [6, 6.07) is 1.59. The van der Waals surface area contributed by atoms with Crippen LogP contribution in [0.4, 0.5) is 38.8 Å². The highest BCUT2D eigenvalue weighted by atomic mass is 32.2. The number of halogens is 4. The second-order valence-electron chi connectivity index (χ2n) is 10.5. The van der Waals surface area contributed by atoms with Crippen molar-refractivity contribution in [2.45, 2.75) is 75.6 Å². The topological polar surface area (TPSA) is 149 Å². The van der Waals surface area contributed by atoms with E-state index in [0.717, 1.165) is 19.1 Å². The van der Waals surface area contributed by atoms with Crippen LogP contribution in [0.5, 0.6) is 0 Å². The number of ether oxygens (including phenoxy) is 2. The third-order valence-corrected chi connectivity index (χ3v) is 6.93. The molecule has 3 N–H and O–H groups in total. The van der Waals surface area contributed by atoms with Gasteiger partial charge in [0.1, 0.15) is 11.4 Å². The number of carbonyl (C=O) groups excluding carboxylic acids is 2. The minimum atomic E-state index is -4.50. The Kier molecular flexibility index (Phi) is 8.75. The molecule has 1 aromatic heterocycles. The van der Waals surface area contributed by atoms with Gasteiger partial charge >= 0.3 is 18.4 Å². The Morgan fingerprint density at radius 1 is 1.15 bits per heavy atom. The van der Waals surface area contributed by atoms with Crippen molar-refractivity contribution < 1.29 is 47.8 Å². The molecule has 3 rings (SSSR count). The van der Waals surface area contributed by atoms with Crippen molar-refractivity contribution in [3.63, 3.8) is 0 Å². The van der Waals surface area contributed by atoms with E-state index in [4.69, 9.17) is 12.2 Å². The zero-order valence-corrected chi connectivity index (χ0v) is 23.3. The number of anilines is 2. The molecule has 2 amide bonds. The monoisotopic (exact) mass is 607 g/mol. The molecular formula is C25H31F4N5O6S. The lowest BCUT2D eigenvalue weighted by atomic mass is 9.72. The first-order valence-corrected chi connectivity index (χ1v) is 13.8. The highest BCUT2D eigenvalue weighted by molar-refractivity contribution is 7.90. The Balaban J connectivity index is 1.54. The van der Waals surface area contributed by atoms with Gasteiger partial charge in [0.05, 0.1) is 26.3 Å². The summed E-state index contributed by atoms with van der Waals surface area (Å²) in [6.45, 7) is 3.35. The molecule has 0 unspecified atom stereocenters. The molecule has 0 spiro atoms. The number of amides is 2. The molecule has 226 valence electrons. The van der Waals surface area contributed by atoms with Gasteiger partial charge in [0, 0.05) is 18.4 Å². The molecule has 1 atom stereocenters. The van der Waals surface area contributed by atoms with Gasteiger partial charge in [0.2, 0.25) is 5.95 Å². The van der Waals surface area contributed by atoms with Crippen molar-refractivity contribution in [2.24, 2.45) is 5.92 Å². The Bertz CT molecular complexity index is 1430. The third kappa shape index (κ3) is 10.0. The maximum Gasteiger partial charge on any atom is 0.421 e. The van der Waals surface area contributed by atoms with Crippen molar-refractivity contribution in [3.05, 3.63) is 42.0 Å². The van der Waals surface area contributed by atoms with Crippen LogP contribution >= 0.6 is 0 Å². The normalized spacial score (nSPS) is 19.1. The van der Waals surface area contributed by atoms with E-state index in [0.29, 0.717) is 11.6 Å². The second-order valence-corrected chi connectivity index (χ2v) is 12.1. The molecule has 1 aliphatic rings. The first-order chi connectivity index (χ1) is 19.6. The number of hydrogen-bond donors (Lipinski definition) is 3. The number of alkyl halides is 3. The number of nitrogens with zero attached hydrogens (tertiary/aromatic N) is 2. The van der Waals surface area contributed by atoms with E-state index in [1.807, 2.05) is 5.32 Å². The Labute approximate surface area is 237 Å². The Hall–Kier alpha value is -3.69. The molecule has 0 radical (unpaired) electrons. The maximum atomic E-state index is 14.7. The van der Waals surface area contributed by atoms with E-state index in [2.05, 4.69) is 15.3 Å². The quantitative estimate of drug-likeness (QED) is 0.330. The third-order valence-electron chi connectivity index (χ3n) is 5.62. The maximum absolute atomic E-state index is 14.7. The molecular weight excluding hydrogens is 574 g/mol. The minimum absolute atomic E-state index is 0.0238. The van der Waals surface area contributed by atoms with Crippen molar-refractivity contribution in [3.8, 4) is 0 Å². The van der Waals surface area contributed by atoms with Crippen molar-refractivity contribution in [1.29, 1.82) is 0 Å². The zero-order chi connectivity index (χ0) is 32.4. The van der Waals surface area contributed by atoms with Crippen LogP contribution in [0.15, 0.2) is 35.5 Å². The Morgan fingerprint density at radius 3 is 2.34 bits per heavy atom. The van der Waals surface area contributed by atoms with Crippen LogP contribution in [0.2, 0.25) is 0 Å². The van der Waals surface area contributed by atoms with Gasteiger partial charge in [-0.15, -0.1) is 0 Å². The van der Waals surface area contributed by atoms with Gasteiger partial charge < -0.3 is 20.1 Å². The van der Waals surface area contributed by atoms with Crippen LogP contribution in [0.25, 0.3) is 0 Å². The van der Waals surface area contributed by atoms with Gasteiger partial charge in [-0.3, -0.25) is 0 Å². The van der Waals surface area contributed by atoms with Crippen LogP contribution in [-0.2, 0) is 19.5 Å². The fourth-order valence-corrected chi connectivity index (χ4v) is 4.60. The lowest BCUT2D eigenvalue weighted by molar-refractivity contribution is -0.138. The lowest BCUT2D eigenvalue weighted by Gasteiger charge is -2.34. The van der Waals surface area contributed by atoms with Gasteiger partial charge in [-0.1, -0.05) is 0 Å². The predicted molar refractivity (Wildman–Crippen MR) is 138 cm³/mol. The van der Waals surface area contributed by atoms with E-state index < -0.39 is 69.6 Å². The molecule has 1 heterocycles. The summed E-state index contributed by atoms with van der Waals surface area (Å²) in [7, 11) is -4.41. The zero-order valence-electron chi connectivity index (χ0n) is 24.5. The molecule has 2 aromatic rings. The average Bonchev–Trinajstić information content (AvgIpc) is 2.76. The van der Waals surface area contributed by atoms with E-state index in [1.165, 1.54) is 12.4 Å². The smallest absolute Gasteiger partial charge is 0.421 e. The van der Waals surface area contributed by atoms with E-state index in [-0.39, 0.29) is 30.4 Å². The minimum Gasteiger partial charge on any atom is -0.449 e. The molecule has 41 heavy (non-hydrogen) atoms. The van der Waals surface area contributed by atoms with Gasteiger partial charge in [-0.05, 0) is 76.1 Å². The number of benzene rings is 1. The fraction of sp³-hybridized carbons (Fsp3) is 0.520. The van der Waals surface area contributed by atoms with Gasteiger partial charge in [0.25, 0.3) is 10.0 Å². The van der Waals surface area contributed by atoms with E-state index >= 15 is 0 Å². The molecule has 0 bridgehead atoms. The summed E-state index contributed by atoms with van der Waals surface area (Å²) in [5, 5.41) is 4.58. The molecule has 16 heteroatoms. The summed E-state index contributed by atoms with van der Waals surface area (Å²) < 4.78 is 104. The van der Waals surface area contributed by atoms with Crippen molar-refractivity contribution >= 4 is 33.8 Å². The average molecular weight is 608 g/mol. The van der Waals surface area contributed by atoms with Crippen LogP contribution in [0, 0.1) is 11.7 Å². The van der Waals surface area contributed by atoms with E-state index in [1.54, 1.807) is 25.5 Å². The molecule has 1 saturated carbocycles. The number of carbonyl (C=O) groups is 2. The first kappa shape index (κ1) is 28.8. The molecule has 0 aliphatic heterocycles. The highest BCUT2D eigenvalue weighted by Gasteiger charge is 2.33. The number of hydrogen-bond acceptors (Lipinski definition) is 9. The van der Waals surface area contributed by atoms with Crippen molar-refractivity contribution in [1.82, 2.24) is 20.0 Å². The summed E-state index contributed by atoms with van der Waals surface area (Å²) >= 11 is 0. The van der Waals surface area contributed by atoms with E-state index in [9.17, 15) is 35.6 Å². The molecule has 1 aliphatic carbocycles. The number of nitrogens with one attached hydrogen (secondary N) is 3. The van der Waals surface area contributed by atoms with Crippen LogP contribution in [0.3, 0.4) is 0 Å². The molecule has 1 fully saturated rings. The number of rotatable bonds is 9. The summed E-state index contributed by atoms with van der Waals surface area (Å²) in [5.41, 5.74) is -0.477. The summed E-state index contributed by atoms with van der Waals surface area (Å²) in [5.74, 6) is -1.90. The van der Waals surface area contributed by atoms with Gasteiger partial charge in [-0.25, -0.2) is 37.1 Å². The first-order valence-electron chi connectivity index (χ1n) is 13.3. The van der Waals surface area contributed by atoms with Crippen LogP contribution < -0.4 is 15.4 Å². The Morgan fingerprint density at radius 2 is 1.78 bits per heavy atom. The summed E-state index contributed by atoms with van der Waals surface area (Å²) in [6.07, 6.45) is -4.93. The number of alkyl carbamates (subject to hydrolysis) is 1.